The zero-order chi connectivity index (χ0) is 11.1. The summed E-state index contributed by atoms with van der Waals surface area (Å²) in [5, 5.41) is 3.34. The number of rotatable bonds is 6. The third kappa shape index (κ3) is 5.50. The summed E-state index contributed by atoms with van der Waals surface area (Å²) in [4.78, 5) is 4.06. The molecule has 84 valence electrons. The van der Waals surface area contributed by atoms with Crippen LogP contribution in [0.1, 0.15) is 25.8 Å². The molecule has 0 saturated carbocycles. The first-order valence-corrected chi connectivity index (χ1v) is 5.53. The zero-order valence-corrected chi connectivity index (χ0v) is 9.61. The average molecular weight is 207 g/mol. The Bertz CT molecular complexity index is 259. The maximum absolute atomic E-state index is 5.96. The van der Waals surface area contributed by atoms with Gasteiger partial charge in [-0.15, -0.1) is 0 Å². The molecule has 0 spiro atoms. The van der Waals surface area contributed by atoms with E-state index in [1.54, 1.807) is 6.20 Å². The topological polar surface area (TPSA) is 50.9 Å². The summed E-state index contributed by atoms with van der Waals surface area (Å²) in [6.07, 6.45) is 4.73. The van der Waals surface area contributed by atoms with E-state index < -0.39 is 0 Å². The van der Waals surface area contributed by atoms with Crippen LogP contribution >= 0.6 is 0 Å². The maximum Gasteiger partial charge on any atom is 0.0312 e. The fraction of sp³-hybridized carbons (Fsp3) is 0.583. The van der Waals surface area contributed by atoms with Crippen LogP contribution in [-0.2, 0) is 6.54 Å². The average Bonchev–Trinajstić information content (AvgIpc) is 2.18. The first-order valence-electron chi connectivity index (χ1n) is 5.53. The van der Waals surface area contributed by atoms with Crippen molar-refractivity contribution in [2.75, 3.05) is 6.54 Å². The quantitative estimate of drug-likeness (QED) is 0.744. The van der Waals surface area contributed by atoms with Gasteiger partial charge in [0.1, 0.15) is 0 Å². The number of nitrogens with two attached hydrogens (primary N) is 1. The molecule has 0 amide bonds. The van der Waals surface area contributed by atoms with Gasteiger partial charge in [-0.1, -0.05) is 19.9 Å². The lowest BCUT2D eigenvalue weighted by Gasteiger charge is -2.14. The Hall–Kier alpha value is -0.930. The molecule has 0 fully saturated rings. The highest BCUT2D eigenvalue weighted by Gasteiger charge is 2.04. The molecular weight excluding hydrogens is 186 g/mol. The summed E-state index contributed by atoms with van der Waals surface area (Å²) in [5.41, 5.74) is 7.16. The molecule has 3 heteroatoms. The Labute approximate surface area is 92.1 Å². The predicted octanol–water partition coefficient (Wildman–Crippen LogP) is 1.54. The molecule has 0 saturated heterocycles. The molecule has 0 aliphatic carbocycles. The van der Waals surface area contributed by atoms with E-state index in [2.05, 4.69) is 30.2 Å². The van der Waals surface area contributed by atoms with Crippen LogP contribution in [0.2, 0.25) is 0 Å². The standard InChI is InChI=1S/C12H21N3/c1-10(2)6-12(13)9-15-8-11-4-3-5-14-7-11/h3-5,7,10,12,15H,6,8-9,13H2,1-2H3. The van der Waals surface area contributed by atoms with Crippen molar-refractivity contribution in [1.82, 2.24) is 10.3 Å². The number of nitrogens with one attached hydrogen (secondary N) is 1. The first-order chi connectivity index (χ1) is 7.18. The van der Waals surface area contributed by atoms with Crippen LogP contribution in [0, 0.1) is 5.92 Å². The Balaban J connectivity index is 2.16. The van der Waals surface area contributed by atoms with Gasteiger partial charge in [0.25, 0.3) is 0 Å². The minimum atomic E-state index is 0.252. The largest absolute Gasteiger partial charge is 0.327 e. The molecule has 0 aromatic carbocycles. The van der Waals surface area contributed by atoms with Gasteiger partial charge in [-0.2, -0.15) is 0 Å². The van der Waals surface area contributed by atoms with Crippen LogP contribution in [0.25, 0.3) is 0 Å². The number of hydrogen-bond acceptors (Lipinski definition) is 3. The van der Waals surface area contributed by atoms with E-state index >= 15 is 0 Å². The van der Waals surface area contributed by atoms with Crippen LogP contribution < -0.4 is 11.1 Å². The SMILES string of the molecule is CC(C)CC(N)CNCc1cccnc1. The third-order valence-electron chi connectivity index (χ3n) is 2.23. The van der Waals surface area contributed by atoms with E-state index in [9.17, 15) is 0 Å². The van der Waals surface area contributed by atoms with Gasteiger partial charge < -0.3 is 11.1 Å². The van der Waals surface area contributed by atoms with Gasteiger partial charge >= 0.3 is 0 Å². The molecule has 1 heterocycles. The molecule has 15 heavy (non-hydrogen) atoms. The van der Waals surface area contributed by atoms with Crippen molar-refractivity contribution in [3.05, 3.63) is 30.1 Å². The molecule has 3 nitrogen and oxygen atoms in total. The number of hydrogen-bond donors (Lipinski definition) is 2. The molecule has 1 aromatic rings. The van der Waals surface area contributed by atoms with Crippen molar-refractivity contribution >= 4 is 0 Å². The molecule has 0 radical (unpaired) electrons. The zero-order valence-electron chi connectivity index (χ0n) is 9.61. The van der Waals surface area contributed by atoms with E-state index in [-0.39, 0.29) is 6.04 Å². The second kappa shape index (κ2) is 6.53. The van der Waals surface area contributed by atoms with Crippen molar-refractivity contribution < 1.29 is 0 Å². The summed E-state index contributed by atoms with van der Waals surface area (Å²) in [6, 6.07) is 4.26. The van der Waals surface area contributed by atoms with Crippen molar-refractivity contribution in [2.45, 2.75) is 32.9 Å². The fourth-order valence-corrected chi connectivity index (χ4v) is 1.59. The maximum atomic E-state index is 5.96. The van der Waals surface area contributed by atoms with Crippen LogP contribution in [0.15, 0.2) is 24.5 Å². The second-order valence-corrected chi connectivity index (χ2v) is 4.38. The minimum absolute atomic E-state index is 0.252. The highest BCUT2D eigenvalue weighted by atomic mass is 14.9. The lowest BCUT2D eigenvalue weighted by atomic mass is 10.0. The van der Waals surface area contributed by atoms with Gasteiger partial charge in [0.2, 0.25) is 0 Å². The van der Waals surface area contributed by atoms with E-state index in [1.807, 2.05) is 12.3 Å². The third-order valence-corrected chi connectivity index (χ3v) is 2.23. The Morgan fingerprint density at radius 3 is 2.87 bits per heavy atom. The molecular formula is C12H21N3. The highest BCUT2D eigenvalue weighted by Crippen LogP contribution is 2.02. The van der Waals surface area contributed by atoms with Crippen LogP contribution in [-0.4, -0.2) is 17.6 Å². The lowest BCUT2D eigenvalue weighted by molar-refractivity contribution is 0.467. The van der Waals surface area contributed by atoms with Crippen LogP contribution in [0.5, 0.6) is 0 Å². The molecule has 1 aromatic heterocycles. The monoisotopic (exact) mass is 207 g/mol. The number of pyridine rings is 1. The molecule has 0 bridgehead atoms. The van der Waals surface area contributed by atoms with E-state index in [1.165, 1.54) is 5.56 Å². The normalized spacial score (nSPS) is 13.1. The molecule has 3 N–H and O–H groups in total. The van der Waals surface area contributed by atoms with Crippen LogP contribution in [0.4, 0.5) is 0 Å². The van der Waals surface area contributed by atoms with E-state index in [0.717, 1.165) is 19.5 Å². The van der Waals surface area contributed by atoms with Crippen molar-refractivity contribution in [3.63, 3.8) is 0 Å². The lowest BCUT2D eigenvalue weighted by Crippen LogP contribution is -2.34. The smallest absolute Gasteiger partial charge is 0.0312 e. The molecule has 1 rings (SSSR count). The minimum Gasteiger partial charge on any atom is -0.327 e. The number of aromatic nitrogens is 1. The summed E-state index contributed by atoms with van der Waals surface area (Å²) < 4.78 is 0. The fourth-order valence-electron chi connectivity index (χ4n) is 1.59. The summed E-state index contributed by atoms with van der Waals surface area (Å²) in [7, 11) is 0. The Morgan fingerprint density at radius 2 is 2.27 bits per heavy atom. The van der Waals surface area contributed by atoms with E-state index in [4.69, 9.17) is 5.73 Å². The van der Waals surface area contributed by atoms with Gasteiger partial charge in [-0.3, -0.25) is 4.98 Å². The van der Waals surface area contributed by atoms with Gasteiger partial charge in [0.05, 0.1) is 0 Å². The van der Waals surface area contributed by atoms with E-state index in [0.29, 0.717) is 5.92 Å². The molecule has 1 unspecified atom stereocenters. The van der Waals surface area contributed by atoms with Crippen molar-refractivity contribution in [3.8, 4) is 0 Å². The molecule has 1 atom stereocenters. The molecule has 0 aliphatic rings. The number of nitrogens with zero attached hydrogens (tertiary/aromatic N) is 1. The summed E-state index contributed by atoms with van der Waals surface area (Å²) >= 11 is 0. The predicted molar refractivity (Wildman–Crippen MR) is 63.4 cm³/mol. The summed E-state index contributed by atoms with van der Waals surface area (Å²) in [6.45, 7) is 6.11. The van der Waals surface area contributed by atoms with Crippen molar-refractivity contribution in [1.29, 1.82) is 0 Å². The van der Waals surface area contributed by atoms with Crippen LogP contribution in [0.3, 0.4) is 0 Å². The summed E-state index contributed by atoms with van der Waals surface area (Å²) in [5.74, 6) is 0.667. The van der Waals surface area contributed by atoms with Gasteiger partial charge in [-0.25, -0.2) is 0 Å². The first kappa shape index (κ1) is 12.1. The second-order valence-electron chi connectivity index (χ2n) is 4.38. The molecule has 0 aliphatic heterocycles. The Kier molecular flexibility index (Phi) is 5.29. The van der Waals surface area contributed by atoms with Gasteiger partial charge in [-0.05, 0) is 24.0 Å². The van der Waals surface area contributed by atoms with Gasteiger partial charge in [0, 0.05) is 31.5 Å². The van der Waals surface area contributed by atoms with Gasteiger partial charge in [0.15, 0.2) is 0 Å². The van der Waals surface area contributed by atoms with Crippen molar-refractivity contribution in [2.24, 2.45) is 11.7 Å². The Morgan fingerprint density at radius 1 is 1.47 bits per heavy atom. The highest BCUT2D eigenvalue weighted by molar-refractivity contribution is 5.07.